The summed E-state index contributed by atoms with van der Waals surface area (Å²) < 4.78 is 18.7. The fourth-order valence-electron chi connectivity index (χ4n) is 3.19. The summed E-state index contributed by atoms with van der Waals surface area (Å²) in [5, 5.41) is 5.55. The van der Waals surface area contributed by atoms with Gasteiger partial charge in [0.05, 0.1) is 19.1 Å². The van der Waals surface area contributed by atoms with E-state index in [0.29, 0.717) is 31.0 Å². The third-order valence-corrected chi connectivity index (χ3v) is 4.61. The molecule has 2 aliphatic rings. The number of hydrogen-bond acceptors (Lipinski definition) is 4. The first-order chi connectivity index (χ1) is 11.5. The van der Waals surface area contributed by atoms with Crippen LogP contribution in [0.5, 0.6) is 0 Å². The Balaban J connectivity index is 1.63. The Morgan fingerprint density at radius 1 is 1.46 bits per heavy atom. The van der Waals surface area contributed by atoms with Gasteiger partial charge in [0, 0.05) is 37.8 Å². The Bertz CT molecular complexity index is 632. The molecular weight excluding hydrogens is 313 g/mol. The molecule has 0 aromatic heterocycles. The predicted molar refractivity (Wildman–Crippen MR) is 87.3 cm³/mol. The number of rotatable bonds is 4. The van der Waals surface area contributed by atoms with Gasteiger partial charge in [0.25, 0.3) is 0 Å². The van der Waals surface area contributed by atoms with Gasteiger partial charge in [0.15, 0.2) is 0 Å². The average Bonchev–Trinajstić information content (AvgIpc) is 2.59. The van der Waals surface area contributed by atoms with E-state index in [-0.39, 0.29) is 24.3 Å². The lowest BCUT2D eigenvalue weighted by Crippen LogP contribution is -2.48. The molecule has 0 unspecified atom stereocenters. The van der Waals surface area contributed by atoms with Crippen LogP contribution in [0.2, 0.25) is 0 Å². The molecule has 1 aromatic rings. The van der Waals surface area contributed by atoms with E-state index in [1.807, 2.05) is 0 Å². The van der Waals surface area contributed by atoms with Crippen molar-refractivity contribution < 1.29 is 18.7 Å². The zero-order valence-corrected chi connectivity index (χ0v) is 13.7. The molecule has 2 aliphatic heterocycles. The number of nitrogens with one attached hydrogen (secondary N) is 2. The number of morpholine rings is 1. The molecule has 3 rings (SSSR count). The number of fused-ring (bicyclic) bond motifs is 1. The number of ether oxygens (including phenoxy) is 1. The first kappa shape index (κ1) is 16.9. The van der Waals surface area contributed by atoms with Crippen LogP contribution in [0.25, 0.3) is 0 Å². The van der Waals surface area contributed by atoms with Crippen LogP contribution in [-0.2, 0) is 14.3 Å². The maximum Gasteiger partial charge on any atom is 0.228 e. The van der Waals surface area contributed by atoms with Gasteiger partial charge in [-0.15, -0.1) is 0 Å². The number of carbonyl (C=O) groups is 2. The predicted octanol–water partition coefficient (Wildman–Crippen LogP) is 1.09. The summed E-state index contributed by atoms with van der Waals surface area (Å²) in [4.78, 5) is 26.6. The minimum atomic E-state index is -0.578. The van der Waals surface area contributed by atoms with Crippen molar-refractivity contribution in [2.24, 2.45) is 0 Å². The lowest BCUT2D eigenvalue weighted by Gasteiger charge is -2.33. The van der Waals surface area contributed by atoms with Crippen LogP contribution in [0, 0.1) is 5.82 Å². The second kappa shape index (κ2) is 7.27. The molecule has 2 N–H and O–H groups in total. The first-order valence-electron chi connectivity index (χ1n) is 8.23. The third-order valence-electron chi connectivity index (χ3n) is 4.61. The third kappa shape index (κ3) is 3.73. The van der Waals surface area contributed by atoms with Crippen LogP contribution in [0.4, 0.5) is 10.1 Å². The monoisotopic (exact) mass is 335 g/mol. The highest BCUT2D eigenvalue weighted by atomic mass is 19.1. The Hall–Kier alpha value is -1.99. The van der Waals surface area contributed by atoms with Crippen molar-refractivity contribution in [3.63, 3.8) is 0 Å². The SMILES string of the molecule is C[C@H](CNC(=O)[C@@H]1CC(=O)Nc2cc(F)ccc21)N1CCOCC1. The summed E-state index contributed by atoms with van der Waals surface area (Å²) in [7, 11) is 0. The molecule has 0 spiro atoms. The number of anilines is 1. The van der Waals surface area contributed by atoms with E-state index in [4.69, 9.17) is 4.74 Å². The van der Waals surface area contributed by atoms with E-state index in [0.717, 1.165) is 13.1 Å². The van der Waals surface area contributed by atoms with Crippen molar-refractivity contribution in [1.82, 2.24) is 10.2 Å². The summed E-state index contributed by atoms with van der Waals surface area (Å²) >= 11 is 0. The largest absolute Gasteiger partial charge is 0.379 e. The number of benzene rings is 1. The number of carbonyl (C=O) groups excluding carboxylic acids is 2. The van der Waals surface area contributed by atoms with Crippen LogP contribution in [0.1, 0.15) is 24.8 Å². The van der Waals surface area contributed by atoms with Crippen molar-refractivity contribution in [1.29, 1.82) is 0 Å². The summed E-state index contributed by atoms with van der Waals surface area (Å²) in [6, 6.07) is 4.33. The zero-order valence-electron chi connectivity index (χ0n) is 13.7. The van der Waals surface area contributed by atoms with Crippen molar-refractivity contribution in [2.75, 3.05) is 38.2 Å². The molecule has 2 atom stereocenters. The molecule has 1 aromatic carbocycles. The average molecular weight is 335 g/mol. The number of amides is 2. The van der Waals surface area contributed by atoms with Crippen LogP contribution in [0.15, 0.2) is 18.2 Å². The second-order valence-electron chi connectivity index (χ2n) is 6.28. The van der Waals surface area contributed by atoms with Crippen molar-refractivity contribution in [2.45, 2.75) is 25.3 Å². The number of nitrogens with zero attached hydrogens (tertiary/aromatic N) is 1. The Morgan fingerprint density at radius 3 is 2.96 bits per heavy atom. The second-order valence-corrected chi connectivity index (χ2v) is 6.28. The van der Waals surface area contributed by atoms with E-state index in [1.165, 1.54) is 12.1 Å². The van der Waals surface area contributed by atoms with Crippen LogP contribution < -0.4 is 10.6 Å². The zero-order chi connectivity index (χ0) is 17.1. The molecule has 6 nitrogen and oxygen atoms in total. The quantitative estimate of drug-likeness (QED) is 0.864. The van der Waals surface area contributed by atoms with Crippen molar-refractivity contribution >= 4 is 17.5 Å². The Morgan fingerprint density at radius 2 is 2.21 bits per heavy atom. The van der Waals surface area contributed by atoms with Gasteiger partial charge in [0.1, 0.15) is 5.82 Å². The molecule has 130 valence electrons. The minimum Gasteiger partial charge on any atom is -0.379 e. The fraction of sp³-hybridized carbons (Fsp3) is 0.529. The molecule has 0 aliphatic carbocycles. The molecule has 0 saturated carbocycles. The van der Waals surface area contributed by atoms with Crippen LogP contribution in [-0.4, -0.2) is 55.6 Å². The maximum absolute atomic E-state index is 13.3. The van der Waals surface area contributed by atoms with E-state index in [2.05, 4.69) is 22.5 Å². The van der Waals surface area contributed by atoms with Gasteiger partial charge in [-0.1, -0.05) is 6.07 Å². The summed E-state index contributed by atoms with van der Waals surface area (Å²) in [6.45, 7) is 5.69. The van der Waals surface area contributed by atoms with E-state index < -0.39 is 11.7 Å². The summed E-state index contributed by atoms with van der Waals surface area (Å²) in [6.07, 6.45) is 0.0798. The molecule has 0 radical (unpaired) electrons. The molecule has 24 heavy (non-hydrogen) atoms. The lowest BCUT2D eigenvalue weighted by atomic mass is 9.89. The van der Waals surface area contributed by atoms with E-state index in [9.17, 15) is 14.0 Å². The number of halogens is 1. The van der Waals surface area contributed by atoms with Gasteiger partial charge < -0.3 is 15.4 Å². The summed E-state index contributed by atoms with van der Waals surface area (Å²) in [5.41, 5.74) is 1.04. The standard InChI is InChI=1S/C17H22FN3O3/c1-11(21-4-6-24-7-5-21)10-19-17(23)14-9-16(22)20-15-8-12(18)2-3-13(14)15/h2-3,8,11,14H,4-7,9-10H2,1H3,(H,19,23)(H,20,22)/t11-,14-/m1/s1. The highest BCUT2D eigenvalue weighted by Crippen LogP contribution is 2.32. The minimum absolute atomic E-state index is 0.0798. The first-order valence-corrected chi connectivity index (χ1v) is 8.23. The van der Waals surface area contributed by atoms with Gasteiger partial charge in [-0.05, 0) is 24.6 Å². The van der Waals surface area contributed by atoms with Gasteiger partial charge >= 0.3 is 0 Å². The topological polar surface area (TPSA) is 70.7 Å². The van der Waals surface area contributed by atoms with E-state index in [1.54, 1.807) is 6.07 Å². The molecular formula is C17H22FN3O3. The molecule has 1 fully saturated rings. The van der Waals surface area contributed by atoms with Crippen molar-refractivity contribution in [3.8, 4) is 0 Å². The highest BCUT2D eigenvalue weighted by Gasteiger charge is 2.31. The van der Waals surface area contributed by atoms with Crippen LogP contribution in [0.3, 0.4) is 0 Å². The fourth-order valence-corrected chi connectivity index (χ4v) is 3.19. The van der Waals surface area contributed by atoms with Gasteiger partial charge in [-0.3, -0.25) is 14.5 Å². The summed E-state index contributed by atoms with van der Waals surface area (Å²) in [5.74, 6) is -1.48. The molecule has 1 saturated heterocycles. The molecule has 2 heterocycles. The lowest BCUT2D eigenvalue weighted by molar-refractivity contribution is -0.126. The molecule has 7 heteroatoms. The van der Waals surface area contributed by atoms with Crippen molar-refractivity contribution in [3.05, 3.63) is 29.6 Å². The molecule has 2 amide bonds. The molecule has 0 bridgehead atoms. The Labute approximate surface area is 140 Å². The van der Waals surface area contributed by atoms with Gasteiger partial charge in [0.2, 0.25) is 11.8 Å². The maximum atomic E-state index is 13.3. The van der Waals surface area contributed by atoms with Gasteiger partial charge in [-0.25, -0.2) is 4.39 Å². The van der Waals surface area contributed by atoms with Crippen LogP contribution >= 0.6 is 0 Å². The van der Waals surface area contributed by atoms with E-state index >= 15 is 0 Å². The normalized spacial score (nSPS) is 22.4. The highest BCUT2D eigenvalue weighted by molar-refractivity contribution is 6.01. The number of hydrogen-bond donors (Lipinski definition) is 2. The smallest absolute Gasteiger partial charge is 0.228 e. The van der Waals surface area contributed by atoms with Gasteiger partial charge in [-0.2, -0.15) is 0 Å². The Kier molecular flexibility index (Phi) is 5.11.